The lowest BCUT2D eigenvalue weighted by Gasteiger charge is -2.30. The Morgan fingerprint density at radius 2 is 1.90 bits per heavy atom. The van der Waals surface area contributed by atoms with Crippen LogP contribution in [0, 0.1) is 6.92 Å². The van der Waals surface area contributed by atoms with Crippen molar-refractivity contribution in [1.82, 2.24) is 0 Å². The van der Waals surface area contributed by atoms with Crippen molar-refractivity contribution in [2.24, 2.45) is 0 Å². The standard InChI is InChI=1S/C19H21NO/c1-3-15-7-9-16(10-8-15)19(21)20-12-4-5-17-13-14(2)6-11-18(17)20/h6-11,13H,3-5,12H2,1-2H3. The van der Waals surface area contributed by atoms with Crippen molar-refractivity contribution in [1.29, 1.82) is 0 Å². The van der Waals surface area contributed by atoms with Crippen molar-refractivity contribution < 1.29 is 4.79 Å². The minimum absolute atomic E-state index is 0.113. The third-order valence-electron chi connectivity index (χ3n) is 4.21. The van der Waals surface area contributed by atoms with Crippen molar-refractivity contribution in [3.8, 4) is 0 Å². The van der Waals surface area contributed by atoms with E-state index in [0.717, 1.165) is 37.1 Å². The van der Waals surface area contributed by atoms with Gasteiger partial charge in [0.25, 0.3) is 5.91 Å². The molecule has 1 aliphatic rings. The van der Waals surface area contributed by atoms with Crippen LogP contribution in [0.1, 0.15) is 40.4 Å². The minimum atomic E-state index is 0.113. The summed E-state index contributed by atoms with van der Waals surface area (Å²) in [5.41, 5.74) is 5.67. The van der Waals surface area contributed by atoms with Crippen molar-refractivity contribution in [2.45, 2.75) is 33.1 Å². The molecule has 0 radical (unpaired) electrons. The van der Waals surface area contributed by atoms with E-state index in [1.165, 1.54) is 16.7 Å². The van der Waals surface area contributed by atoms with Crippen LogP contribution < -0.4 is 4.90 Å². The Balaban J connectivity index is 1.92. The Hall–Kier alpha value is -2.09. The molecule has 2 aromatic carbocycles. The Labute approximate surface area is 126 Å². The minimum Gasteiger partial charge on any atom is -0.308 e. The normalized spacial score (nSPS) is 13.9. The maximum atomic E-state index is 12.8. The van der Waals surface area contributed by atoms with Gasteiger partial charge in [-0.2, -0.15) is 0 Å². The van der Waals surface area contributed by atoms with Gasteiger partial charge in [0.15, 0.2) is 0 Å². The summed E-state index contributed by atoms with van der Waals surface area (Å²) in [7, 11) is 0. The first kappa shape index (κ1) is 13.9. The average molecular weight is 279 g/mol. The second-order valence-electron chi connectivity index (χ2n) is 5.74. The van der Waals surface area contributed by atoms with E-state index in [2.05, 4.69) is 32.0 Å². The highest BCUT2D eigenvalue weighted by Gasteiger charge is 2.23. The number of benzene rings is 2. The Bertz CT molecular complexity index is 658. The quantitative estimate of drug-likeness (QED) is 0.808. The van der Waals surface area contributed by atoms with Gasteiger partial charge in [-0.15, -0.1) is 0 Å². The first-order valence-electron chi connectivity index (χ1n) is 7.69. The summed E-state index contributed by atoms with van der Waals surface area (Å²) in [4.78, 5) is 14.7. The maximum absolute atomic E-state index is 12.8. The average Bonchev–Trinajstić information content (AvgIpc) is 2.53. The van der Waals surface area contributed by atoms with E-state index in [-0.39, 0.29) is 5.91 Å². The second-order valence-corrected chi connectivity index (χ2v) is 5.74. The van der Waals surface area contributed by atoms with Gasteiger partial charge in [-0.05, 0) is 55.5 Å². The van der Waals surface area contributed by atoms with Crippen molar-refractivity contribution in [3.63, 3.8) is 0 Å². The SMILES string of the molecule is CCc1ccc(C(=O)N2CCCc3cc(C)ccc32)cc1. The van der Waals surface area contributed by atoms with Gasteiger partial charge in [0.2, 0.25) is 0 Å². The van der Waals surface area contributed by atoms with Gasteiger partial charge in [0, 0.05) is 17.8 Å². The van der Waals surface area contributed by atoms with Gasteiger partial charge in [-0.25, -0.2) is 0 Å². The van der Waals surface area contributed by atoms with Gasteiger partial charge in [-0.3, -0.25) is 4.79 Å². The first-order chi connectivity index (χ1) is 10.2. The number of nitrogens with zero attached hydrogens (tertiary/aromatic N) is 1. The van der Waals surface area contributed by atoms with E-state index < -0.39 is 0 Å². The fourth-order valence-corrected chi connectivity index (χ4v) is 2.98. The van der Waals surface area contributed by atoms with Crippen molar-refractivity contribution >= 4 is 11.6 Å². The van der Waals surface area contributed by atoms with Crippen LogP contribution in [0.25, 0.3) is 0 Å². The largest absolute Gasteiger partial charge is 0.308 e. The summed E-state index contributed by atoms with van der Waals surface area (Å²) < 4.78 is 0. The molecule has 0 bridgehead atoms. The van der Waals surface area contributed by atoms with E-state index in [9.17, 15) is 4.79 Å². The van der Waals surface area contributed by atoms with E-state index in [1.54, 1.807) is 0 Å². The van der Waals surface area contributed by atoms with E-state index >= 15 is 0 Å². The highest BCUT2D eigenvalue weighted by atomic mass is 16.2. The van der Waals surface area contributed by atoms with E-state index in [1.807, 2.05) is 29.2 Å². The van der Waals surface area contributed by atoms with E-state index in [0.29, 0.717) is 0 Å². The van der Waals surface area contributed by atoms with Crippen LogP contribution in [0.3, 0.4) is 0 Å². The van der Waals surface area contributed by atoms with Crippen LogP contribution in [0.15, 0.2) is 42.5 Å². The number of aryl methyl sites for hydroxylation is 3. The van der Waals surface area contributed by atoms with Crippen LogP contribution in [0.5, 0.6) is 0 Å². The number of rotatable bonds is 2. The smallest absolute Gasteiger partial charge is 0.258 e. The fraction of sp³-hybridized carbons (Fsp3) is 0.316. The zero-order valence-electron chi connectivity index (χ0n) is 12.7. The lowest BCUT2D eigenvalue weighted by Crippen LogP contribution is -2.35. The number of amides is 1. The Kier molecular flexibility index (Phi) is 3.78. The van der Waals surface area contributed by atoms with Crippen LogP contribution in [-0.2, 0) is 12.8 Å². The summed E-state index contributed by atoms with van der Waals surface area (Å²) >= 11 is 0. The molecule has 0 saturated heterocycles. The monoisotopic (exact) mass is 279 g/mol. The predicted molar refractivity (Wildman–Crippen MR) is 87.0 cm³/mol. The predicted octanol–water partition coefficient (Wildman–Crippen LogP) is 4.15. The van der Waals surface area contributed by atoms with Gasteiger partial charge in [0.1, 0.15) is 0 Å². The zero-order valence-corrected chi connectivity index (χ0v) is 12.7. The molecule has 21 heavy (non-hydrogen) atoms. The number of hydrogen-bond donors (Lipinski definition) is 0. The summed E-state index contributed by atoms with van der Waals surface area (Å²) in [5.74, 6) is 0.113. The first-order valence-corrected chi connectivity index (χ1v) is 7.69. The third kappa shape index (κ3) is 2.71. The molecule has 0 unspecified atom stereocenters. The third-order valence-corrected chi connectivity index (χ3v) is 4.21. The number of carbonyl (C=O) groups is 1. The molecule has 0 aliphatic carbocycles. The fourth-order valence-electron chi connectivity index (χ4n) is 2.98. The van der Waals surface area contributed by atoms with Gasteiger partial charge in [-0.1, -0.05) is 36.8 Å². The highest BCUT2D eigenvalue weighted by Crippen LogP contribution is 2.29. The summed E-state index contributed by atoms with van der Waals surface area (Å²) in [6.07, 6.45) is 3.10. The lowest BCUT2D eigenvalue weighted by molar-refractivity contribution is 0.0985. The van der Waals surface area contributed by atoms with Crippen molar-refractivity contribution in [2.75, 3.05) is 11.4 Å². The molecule has 1 heterocycles. The molecule has 2 nitrogen and oxygen atoms in total. The Morgan fingerprint density at radius 3 is 2.62 bits per heavy atom. The van der Waals surface area contributed by atoms with Crippen LogP contribution in [-0.4, -0.2) is 12.5 Å². The number of fused-ring (bicyclic) bond motifs is 1. The molecule has 2 aromatic rings. The molecular formula is C19H21NO. The molecule has 0 saturated carbocycles. The maximum Gasteiger partial charge on any atom is 0.258 e. The molecule has 1 aliphatic heterocycles. The molecule has 0 aromatic heterocycles. The van der Waals surface area contributed by atoms with E-state index in [4.69, 9.17) is 0 Å². The number of hydrogen-bond acceptors (Lipinski definition) is 1. The van der Waals surface area contributed by atoms with Crippen molar-refractivity contribution in [3.05, 3.63) is 64.7 Å². The van der Waals surface area contributed by atoms with Crippen LogP contribution >= 0.6 is 0 Å². The molecular weight excluding hydrogens is 258 g/mol. The summed E-state index contributed by atoms with van der Waals surface area (Å²) in [5, 5.41) is 0. The van der Waals surface area contributed by atoms with Crippen LogP contribution in [0.2, 0.25) is 0 Å². The topological polar surface area (TPSA) is 20.3 Å². The highest BCUT2D eigenvalue weighted by molar-refractivity contribution is 6.06. The summed E-state index contributed by atoms with van der Waals surface area (Å²) in [6.45, 7) is 5.04. The number of carbonyl (C=O) groups excluding carboxylic acids is 1. The molecule has 0 atom stereocenters. The van der Waals surface area contributed by atoms with Gasteiger partial charge in [0.05, 0.1) is 0 Å². The molecule has 1 amide bonds. The van der Waals surface area contributed by atoms with Crippen LogP contribution in [0.4, 0.5) is 5.69 Å². The molecule has 108 valence electrons. The molecule has 3 rings (SSSR count). The molecule has 0 N–H and O–H groups in total. The van der Waals surface area contributed by atoms with Gasteiger partial charge < -0.3 is 4.90 Å². The molecule has 0 spiro atoms. The molecule has 0 fully saturated rings. The zero-order chi connectivity index (χ0) is 14.8. The number of anilines is 1. The lowest BCUT2D eigenvalue weighted by atomic mass is 9.98. The Morgan fingerprint density at radius 1 is 1.14 bits per heavy atom. The summed E-state index contributed by atoms with van der Waals surface area (Å²) in [6, 6.07) is 14.4. The van der Waals surface area contributed by atoms with Gasteiger partial charge >= 0.3 is 0 Å². The second kappa shape index (κ2) is 5.72. The molecule has 2 heteroatoms.